The Hall–Kier alpha value is -1.51. The van der Waals surface area contributed by atoms with E-state index in [2.05, 4.69) is 66.9 Å². The van der Waals surface area contributed by atoms with Crippen molar-refractivity contribution in [3.8, 4) is 0 Å². The Bertz CT molecular complexity index is 635. The number of methoxy groups -OCH3 is 1. The van der Waals surface area contributed by atoms with Gasteiger partial charge in [0.05, 0.1) is 5.60 Å². The molecule has 1 heterocycles. The molecule has 0 aromatic heterocycles. The second-order valence-electron chi connectivity index (χ2n) is 5.56. The summed E-state index contributed by atoms with van der Waals surface area (Å²) in [6.45, 7) is 2.18. The summed E-state index contributed by atoms with van der Waals surface area (Å²) in [6, 6.07) is 19.2. The van der Waals surface area contributed by atoms with Gasteiger partial charge in [0.25, 0.3) is 0 Å². The highest BCUT2D eigenvalue weighted by Gasteiger charge is 2.32. The first kappa shape index (κ1) is 14.4. The number of hydrogen-bond donors (Lipinski definition) is 0. The number of ether oxygens (including phenoxy) is 1. The summed E-state index contributed by atoms with van der Waals surface area (Å²) in [5, 5.41) is 2.63. The Kier molecular flexibility index (Phi) is 4.18. The molecule has 2 heteroatoms. The molecule has 0 amide bonds. The van der Waals surface area contributed by atoms with Gasteiger partial charge in [-0.05, 0) is 41.5 Å². The van der Waals surface area contributed by atoms with E-state index in [0.29, 0.717) is 5.25 Å². The molecule has 0 aliphatic carbocycles. The monoisotopic (exact) mass is 296 g/mol. The van der Waals surface area contributed by atoms with Gasteiger partial charge in [0, 0.05) is 12.4 Å². The Morgan fingerprint density at radius 3 is 2.52 bits per heavy atom. The van der Waals surface area contributed by atoms with Crippen LogP contribution in [0.15, 0.2) is 60.0 Å². The first-order valence-electron chi connectivity index (χ1n) is 7.24. The SMILES string of the molecule is COC(C)(CC1SC=Cc2ccccc21)c1ccccc1. The summed E-state index contributed by atoms with van der Waals surface area (Å²) in [4.78, 5) is 0. The molecule has 0 fully saturated rings. The van der Waals surface area contributed by atoms with Crippen molar-refractivity contribution in [2.75, 3.05) is 7.11 Å². The van der Waals surface area contributed by atoms with Gasteiger partial charge in [-0.25, -0.2) is 0 Å². The standard InChI is InChI=1S/C19H20OS/c1-19(20-2,16-9-4-3-5-10-16)14-18-17-11-7-6-8-15(17)12-13-21-18/h3-13,18H,14H2,1-2H3. The highest BCUT2D eigenvalue weighted by molar-refractivity contribution is 8.02. The van der Waals surface area contributed by atoms with Gasteiger partial charge in [-0.2, -0.15) is 0 Å². The van der Waals surface area contributed by atoms with Crippen molar-refractivity contribution in [2.24, 2.45) is 0 Å². The Labute approximate surface area is 131 Å². The van der Waals surface area contributed by atoms with Gasteiger partial charge in [0.1, 0.15) is 0 Å². The second kappa shape index (κ2) is 6.08. The minimum absolute atomic E-state index is 0.267. The van der Waals surface area contributed by atoms with E-state index in [0.717, 1.165) is 6.42 Å². The molecule has 108 valence electrons. The van der Waals surface area contributed by atoms with Crippen LogP contribution in [-0.2, 0) is 10.3 Å². The zero-order valence-electron chi connectivity index (χ0n) is 12.5. The Morgan fingerprint density at radius 1 is 1.05 bits per heavy atom. The lowest BCUT2D eigenvalue weighted by Crippen LogP contribution is -2.26. The van der Waals surface area contributed by atoms with E-state index in [4.69, 9.17) is 4.74 Å². The molecule has 0 spiro atoms. The molecule has 3 rings (SSSR count). The maximum absolute atomic E-state index is 5.90. The minimum atomic E-state index is -0.267. The number of fused-ring (bicyclic) bond motifs is 1. The largest absolute Gasteiger partial charge is 0.374 e. The molecule has 0 bridgehead atoms. The van der Waals surface area contributed by atoms with Crippen molar-refractivity contribution in [1.29, 1.82) is 0 Å². The topological polar surface area (TPSA) is 9.23 Å². The van der Waals surface area contributed by atoms with Crippen molar-refractivity contribution in [2.45, 2.75) is 24.2 Å². The van der Waals surface area contributed by atoms with E-state index >= 15 is 0 Å². The van der Waals surface area contributed by atoms with Gasteiger partial charge in [0.15, 0.2) is 0 Å². The molecule has 1 aliphatic rings. The molecule has 0 radical (unpaired) electrons. The maximum Gasteiger partial charge on any atom is 0.0913 e. The van der Waals surface area contributed by atoms with E-state index in [-0.39, 0.29) is 5.60 Å². The van der Waals surface area contributed by atoms with Crippen LogP contribution in [-0.4, -0.2) is 7.11 Å². The summed E-state index contributed by atoms with van der Waals surface area (Å²) in [7, 11) is 1.81. The van der Waals surface area contributed by atoms with Gasteiger partial charge in [0.2, 0.25) is 0 Å². The van der Waals surface area contributed by atoms with Crippen LogP contribution < -0.4 is 0 Å². The van der Waals surface area contributed by atoms with Crippen LogP contribution in [0.4, 0.5) is 0 Å². The first-order valence-corrected chi connectivity index (χ1v) is 8.19. The fourth-order valence-corrected chi connectivity index (χ4v) is 4.05. The van der Waals surface area contributed by atoms with Crippen molar-refractivity contribution in [3.63, 3.8) is 0 Å². The van der Waals surface area contributed by atoms with Gasteiger partial charge in [-0.1, -0.05) is 54.6 Å². The van der Waals surface area contributed by atoms with Crippen LogP contribution in [0.1, 0.15) is 35.3 Å². The Morgan fingerprint density at radius 2 is 1.76 bits per heavy atom. The van der Waals surface area contributed by atoms with E-state index < -0.39 is 0 Å². The molecule has 2 aromatic rings. The predicted molar refractivity (Wildman–Crippen MR) is 91.2 cm³/mol. The Balaban J connectivity index is 1.90. The molecule has 0 saturated carbocycles. The van der Waals surface area contributed by atoms with Crippen LogP contribution >= 0.6 is 11.8 Å². The van der Waals surface area contributed by atoms with Crippen molar-refractivity contribution in [3.05, 3.63) is 76.7 Å². The van der Waals surface area contributed by atoms with E-state index in [9.17, 15) is 0 Å². The summed E-state index contributed by atoms with van der Waals surface area (Å²) in [6.07, 6.45) is 3.16. The number of thioether (sulfide) groups is 1. The maximum atomic E-state index is 5.90. The predicted octanol–water partition coefficient (Wildman–Crippen LogP) is 5.40. The van der Waals surface area contributed by atoms with Gasteiger partial charge >= 0.3 is 0 Å². The number of hydrogen-bond acceptors (Lipinski definition) is 2. The molecule has 0 N–H and O–H groups in total. The smallest absolute Gasteiger partial charge is 0.0913 e. The lowest BCUT2D eigenvalue weighted by atomic mass is 9.87. The summed E-state index contributed by atoms with van der Waals surface area (Å²) in [5.41, 5.74) is 3.70. The number of rotatable bonds is 4. The highest BCUT2D eigenvalue weighted by Crippen LogP contribution is 2.45. The summed E-state index contributed by atoms with van der Waals surface area (Å²) >= 11 is 1.88. The van der Waals surface area contributed by atoms with Gasteiger partial charge in [-0.3, -0.25) is 0 Å². The van der Waals surface area contributed by atoms with Crippen LogP contribution in [0.2, 0.25) is 0 Å². The zero-order valence-corrected chi connectivity index (χ0v) is 13.3. The lowest BCUT2D eigenvalue weighted by Gasteiger charge is -2.33. The molecule has 2 atom stereocenters. The van der Waals surface area contributed by atoms with Gasteiger partial charge in [-0.15, -0.1) is 11.8 Å². The molecule has 1 aliphatic heterocycles. The van der Waals surface area contributed by atoms with E-state index in [1.54, 1.807) is 0 Å². The third-order valence-corrected chi connectivity index (χ3v) is 5.29. The van der Waals surface area contributed by atoms with Crippen LogP contribution in [0.25, 0.3) is 6.08 Å². The van der Waals surface area contributed by atoms with Crippen LogP contribution in [0.5, 0.6) is 0 Å². The van der Waals surface area contributed by atoms with Gasteiger partial charge < -0.3 is 4.74 Å². The molecule has 2 aromatic carbocycles. The molecule has 1 nitrogen and oxygen atoms in total. The molecular weight excluding hydrogens is 276 g/mol. The highest BCUT2D eigenvalue weighted by atomic mass is 32.2. The van der Waals surface area contributed by atoms with Crippen LogP contribution in [0.3, 0.4) is 0 Å². The van der Waals surface area contributed by atoms with Crippen molar-refractivity contribution >= 4 is 17.8 Å². The zero-order chi connectivity index (χ0) is 14.7. The fraction of sp³-hybridized carbons (Fsp3) is 0.263. The minimum Gasteiger partial charge on any atom is -0.374 e. The summed E-state index contributed by atoms with van der Waals surface area (Å²) in [5.74, 6) is 0. The normalized spacial score (nSPS) is 19.8. The number of benzene rings is 2. The molecular formula is C19H20OS. The van der Waals surface area contributed by atoms with E-state index in [1.165, 1.54) is 16.7 Å². The molecule has 0 saturated heterocycles. The third kappa shape index (κ3) is 2.92. The second-order valence-corrected chi connectivity index (χ2v) is 6.67. The third-order valence-electron chi connectivity index (χ3n) is 4.24. The van der Waals surface area contributed by atoms with Crippen molar-refractivity contribution < 1.29 is 4.74 Å². The summed E-state index contributed by atoms with van der Waals surface area (Å²) < 4.78 is 5.90. The van der Waals surface area contributed by atoms with E-state index in [1.807, 2.05) is 24.9 Å². The quantitative estimate of drug-likeness (QED) is 0.747. The van der Waals surface area contributed by atoms with Crippen LogP contribution in [0, 0.1) is 0 Å². The first-order chi connectivity index (χ1) is 10.2. The lowest BCUT2D eigenvalue weighted by molar-refractivity contribution is -0.00588. The fourth-order valence-electron chi connectivity index (χ4n) is 2.86. The van der Waals surface area contributed by atoms with Crippen molar-refractivity contribution in [1.82, 2.24) is 0 Å². The molecule has 21 heavy (non-hydrogen) atoms. The molecule has 2 unspecified atom stereocenters. The average Bonchev–Trinajstić information content (AvgIpc) is 2.56. The average molecular weight is 296 g/mol.